The molecule has 3 rings (SSSR count). The van der Waals surface area contributed by atoms with Gasteiger partial charge in [0.2, 0.25) is 0 Å². The Balaban J connectivity index is 1.92. The lowest BCUT2D eigenvalue weighted by Crippen LogP contribution is -2.31. The third-order valence-electron chi connectivity index (χ3n) is 3.74. The summed E-state index contributed by atoms with van der Waals surface area (Å²) in [5.74, 6) is 3.49. The molecule has 0 saturated carbocycles. The van der Waals surface area contributed by atoms with Crippen molar-refractivity contribution >= 4 is 23.5 Å². The predicted molar refractivity (Wildman–Crippen MR) is 78.2 cm³/mol. The Hall–Kier alpha value is -0.320. The van der Waals surface area contributed by atoms with Crippen LogP contribution in [-0.2, 0) is 8.82 Å². The number of aromatic hydroxyl groups is 1. The number of hydrogen-bond donors (Lipinski definition) is 1. The van der Waals surface area contributed by atoms with E-state index in [0.717, 1.165) is 26.1 Å². The van der Waals surface area contributed by atoms with E-state index in [1.807, 2.05) is 12.1 Å². The minimum atomic E-state index is 0.192. The monoisotopic (exact) mass is 282 g/mol. The molecule has 0 amide bonds. The van der Waals surface area contributed by atoms with Crippen molar-refractivity contribution in [3.05, 3.63) is 29.8 Å². The molecule has 0 spiro atoms. The molecule has 4 heteroatoms. The molecule has 18 heavy (non-hydrogen) atoms. The van der Waals surface area contributed by atoms with Gasteiger partial charge in [0.1, 0.15) is 5.75 Å². The average molecular weight is 282 g/mol. The maximum atomic E-state index is 9.46. The number of ether oxygens (including phenoxy) is 1. The van der Waals surface area contributed by atoms with Crippen LogP contribution in [0.5, 0.6) is 5.75 Å². The molecule has 2 nitrogen and oxygen atoms in total. The Labute approximate surface area is 116 Å². The first-order chi connectivity index (χ1) is 8.81. The fourth-order valence-electron chi connectivity index (χ4n) is 2.84. The van der Waals surface area contributed by atoms with Crippen LogP contribution in [0.2, 0.25) is 0 Å². The summed E-state index contributed by atoms with van der Waals surface area (Å²) in [4.78, 5) is 0. The zero-order valence-electron chi connectivity index (χ0n) is 10.3. The van der Waals surface area contributed by atoms with Crippen LogP contribution in [0.3, 0.4) is 0 Å². The molecule has 2 heterocycles. The number of thioether (sulfide) groups is 2. The molecule has 1 aromatic rings. The van der Waals surface area contributed by atoms with Crippen molar-refractivity contribution in [1.82, 2.24) is 0 Å². The van der Waals surface area contributed by atoms with E-state index in [1.54, 1.807) is 0 Å². The predicted octanol–water partition coefficient (Wildman–Crippen LogP) is 3.45. The zero-order chi connectivity index (χ0) is 12.4. The Morgan fingerprint density at radius 3 is 2.28 bits per heavy atom. The van der Waals surface area contributed by atoms with E-state index < -0.39 is 0 Å². The number of benzene rings is 1. The van der Waals surface area contributed by atoms with Gasteiger partial charge in [-0.25, -0.2) is 0 Å². The van der Waals surface area contributed by atoms with Crippen LogP contribution in [0.1, 0.15) is 18.4 Å². The van der Waals surface area contributed by atoms with Crippen LogP contribution in [0.15, 0.2) is 24.3 Å². The van der Waals surface area contributed by atoms with Crippen molar-refractivity contribution in [3.8, 4) is 5.75 Å². The maximum absolute atomic E-state index is 9.46. The van der Waals surface area contributed by atoms with Crippen molar-refractivity contribution in [3.63, 3.8) is 0 Å². The van der Waals surface area contributed by atoms with Crippen LogP contribution >= 0.6 is 23.5 Å². The molecule has 0 unspecified atom stereocenters. The summed E-state index contributed by atoms with van der Waals surface area (Å²) in [6, 6.07) is 7.82. The highest BCUT2D eigenvalue weighted by Gasteiger charge is 2.44. The van der Waals surface area contributed by atoms with Gasteiger partial charge in [0.05, 0.1) is 4.08 Å². The van der Waals surface area contributed by atoms with Crippen molar-refractivity contribution < 1.29 is 9.84 Å². The molecule has 2 fully saturated rings. The average Bonchev–Trinajstić information content (AvgIpc) is 2.91. The minimum absolute atomic E-state index is 0.192. The van der Waals surface area contributed by atoms with Crippen LogP contribution < -0.4 is 0 Å². The lowest BCUT2D eigenvalue weighted by atomic mass is 9.91. The number of phenolic OH excluding ortho intramolecular Hbond substituents is 1. The summed E-state index contributed by atoms with van der Waals surface area (Å²) in [6.07, 6.45) is 2.31. The van der Waals surface area contributed by atoms with Gasteiger partial charge in [0.15, 0.2) is 0 Å². The van der Waals surface area contributed by atoms with E-state index in [0.29, 0.717) is 11.7 Å². The fourth-order valence-corrected chi connectivity index (χ4v) is 6.49. The van der Waals surface area contributed by atoms with Crippen molar-refractivity contribution in [2.45, 2.75) is 16.9 Å². The summed E-state index contributed by atoms with van der Waals surface area (Å²) in [6.45, 7) is 1.79. The van der Waals surface area contributed by atoms with E-state index in [-0.39, 0.29) is 4.08 Å². The lowest BCUT2D eigenvalue weighted by Gasteiger charge is -2.38. The van der Waals surface area contributed by atoms with Gasteiger partial charge in [-0.3, -0.25) is 0 Å². The molecule has 0 aromatic heterocycles. The van der Waals surface area contributed by atoms with Gasteiger partial charge in [0.25, 0.3) is 0 Å². The molecule has 0 atom stereocenters. The molecule has 2 aliphatic heterocycles. The number of hydrogen-bond acceptors (Lipinski definition) is 4. The fraction of sp³-hybridized carbons (Fsp3) is 0.571. The van der Waals surface area contributed by atoms with E-state index >= 15 is 0 Å². The summed E-state index contributed by atoms with van der Waals surface area (Å²) < 4.78 is 5.69. The van der Waals surface area contributed by atoms with Crippen LogP contribution in [0.4, 0.5) is 0 Å². The van der Waals surface area contributed by atoms with Crippen LogP contribution in [0.25, 0.3) is 0 Å². The Kier molecular flexibility index (Phi) is 3.78. The van der Waals surface area contributed by atoms with E-state index in [4.69, 9.17) is 4.74 Å². The van der Waals surface area contributed by atoms with Gasteiger partial charge in [0, 0.05) is 24.7 Å². The van der Waals surface area contributed by atoms with Gasteiger partial charge in [-0.15, -0.1) is 23.5 Å². The zero-order valence-corrected chi connectivity index (χ0v) is 11.9. The SMILES string of the molecule is Oc1ccc(C2(C3CCOCC3)SCCS2)cc1. The molecule has 2 aliphatic rings. The van der Waals surface area contributed by atoms with E-state index in [9.17, 15) is 5.11 Å². The molecule has 1 N–H and O–H groups in total. The second-order valence-electron chi connectivity index (χ2n) is 4.80. The molecule has 1 aromatic carbocycles. The molecule has 0 bridgehead atoms. The Morgan fingerprint density at radius 2 is 1.67 bits per heavy atom. The van der Waals surface area contributed by atoms with Crippen molar-refractivity contribution in [1.29, 1.82) is 0 Å². The molecule has 0 aliphatic carbocycles. The second-order valence-corrected chi connectivity index (χ2v) is 7.74. The van der Waals surface area contributed by atoms with Crippen LogP contribution in [0, 0.1) is 5.92 Å². The van der Waals surface area contributed by atoms with E-state index in [1.165, 1.54) is 17.1 Å². The summed E-state index contributed by atoms with van der Waals surface area (Å²) in [5.41, 5.74) is 1.36. The third-order valence-corrected chi connectivity index (χ3v) is 7.52. The number of rotatable bonds is 2. The Bertz CT molecular complexity index is 393. The van der Waals surface area contributed by atoms with Gasteiger partial charge in [-0.1, -0.05) is 12.1 Å². The highest BCUT2D eigenvalue weighted by Crippen LogP contribution is 2.58. The molecular formula is C14H18O2S2. The first-order valence-electron chi connectivity index (χ1n) is 6.46. The third kappa shape index (κ3) is 2.26. The van der Waals surface area contributed by atoms with Gasteiger partial charge >= 0.3 is 0 Å². The normalized spacial score (nSPS) is 24.2. The smallest absolute Gasteiger partial charge is 0.115 e. The van der Waals surface area contributed by atoms with Gasteiger partial charge in [-0.05, 0) is 36.5 Å². The van der Waals surface area contributed by atoms with Gasteiger partial charge in [-0.2, -0.15) is 0 Å². The first kappa shape index (κ1) is 12.7. The second kappa shape index (κ2) is 5.35. The quantitative estimate of drug-likeness (QED) is 0.899. The highest BCUT2D eigenvalue weighted by molar-refractivity contribution is 8.20. The largest absolute Gasteiger partial charge is 0.508 e. The molecule has 0 radical (unpaired) electrons. The Morgan fingerprint density at radius 1 is 1.06 bits per heavy atom. The topological polar surface area (TPSA) is 29.5 Å². The van der Waals surface area contributed by atoms with Crippen molar-refractivity contribution in [2.24, 2.45) is 5.92 Å². The van der Waals surface area contributed by atoms with Crippen molar-refractivity contribution in [2.75, 3.05) is 24.7 Å². The molecule has 2 saturated heterocycles. The first-order valence-corrected chi connectivity index (χ1v) is 8.43. The standard InChI is InChI=1S/C14H18O2S2/c15-13-3-1-11(2-4-13)14(17-9-10-18-14)12-5-7-16-8-6-12/h1-4,12,15H,5-10H2. The summed E-state index contributed by atoms with van der Waals surface area (Å²) in [5, 5.41) is 9.46. The minimum Gasteiger partial charge on any atom is -0.508 e. The molecule has 98 valence electrons. The maximum Gasteiger partial charge on any atom is 0.115 e. The van der Waals surface area contributed by atoms with Crippen LogP contribution in [-0.4, -0.2) is 29.8 Å². The summed E-state index contributed by atoms with van der Waals surface area (Å²) in [7, 11) is 0. The number of phenols is 1. The lowest BCUT2D eigenvalue weighted by molar-refractivity contribution is 0.0628. The molecular weight excluding hydrogens is 264 g/mol. The van der Waals surface area contributed by atoms with E-state index in [2.05, 4.69) is 35.7 Å². The highest BCUT2D eigenvalue weighted by atomic mass is 32.2. The van der Waals surface area contributed by atoms with Gasteiger partial charge < -0.3 is 9.84 Å². The summed E-state index contributed by atoms with van der Waals surface area (Å²) >= 11 is 4.16.